The Morgan fingerprint density at radius 2 is 1.75 bits per heavy atom. The molecule has 0 amide bonds. The summed E-state index contributed by atoms with van der Waals surface area (Å²) in [5.41, 5.74) is 11.4. The fraction of sp³-hybridized carbons (Fsp3) is 0.346. The first-order valence-electron chi connectivity index (χ1n) is 11.4. The van der Waals surface area contributed by atoms with Gasteiger partial charge in [0.1, 0.15) is 16.9 Å². The average molecular weight is 431 g/mol. The zero-order valence-corrected chi connectivity index (χ0v) is 19.0. The van der Waals surface area contributed by atoms with Gasteiger partial charge >= 0.3 is 5.97 Å². The molecule has 1 atom stereocenters. The molecule has 0 saturated carbocycles. The lowest BCUT2D eigenvalue weighted by atomic mass is 10.1. The van der Waals surface area contributed by atoms with E-state index < -0.39 is 5.97 Å². The number of anilines is 1. The lowest BCUT2D eigenvalue weighted by Gasteiger charge is -2.10. The van der Waals surface area contributed by atoms with Crippen LogP contribution in [0.3, 0.4) is 0 Å². The number of carbonyl (C=O) groups is 1. The molecule has 32 heavy (non-hydrogen) atoms. The summed E-state index contributed by atoms with van der Waals surface area (Å²) in [6.45, 7) is 6.65. The zero-order chi connectivity index (χ0) is 22.7. The van der Waals surface area contributed by atoms with Crippen molar-refractivity contribution in [1.82, 2.24) is 14.5 Å². The predicted octanol–water partition coefficient (Wildman–Crippen LogP) is 5.70. The summed E-state index contributed by atoms with van der Waals surface area (Å²) in [5, 5.41) is 0. The molecule has 6 heteroatoms. The van der Waals surface area contributed by atoms with E-state index in [-0.39, 0.29) is 11.5 Å². The van der Waals surface area contributed by atoms with Crippen molar-refractivity contribution >= 4 is 34.0 Å². The van der Waals surface area contributed by atoms with E-state index in [0.29, 0.717) is 29.1 Å². The van der Waals surface area contributed by atoms with E-state index in [4.69, 9.17) is 20.4 Å². The van der Waals surface area contributed by atoms with E-state index in [2.05, 4.69) is 26.0 Å². The Morgan fingerprint density at radius 3 is 2.41 bits per heavy atom. The van der Waals surface area contributed by atoms with Crippen LogP contribution in [0.2, 0.25) is 0 Å². The standard InChI is InChI=1S/C26H30N4O2/c1-4-6-9-18-12-14-19(15-13-18)30-24(27)22(26(31)32-16-17(3)5-2)23-25(30)29-21-11-8-7-10-20(21)28-23/h7-8,10-15,17H,4-6,9,16,27H2,1-3H3/t17-/m0/s1. The maximum Gasteiger partial charge on any atom is 0.344 e. The van der Waals surface area contributed by atoms with Crippen LogP contribution < -0.4 is 5.73 Å². The van der Waals surface area contributed by atoms with Crippen LogP contribution in [0.25, 0.3) is 27.9 Å². The minimum absolute atomic E-state index is 0.274. The zero-order valence-electron chi connectivity index (χ0n) is 19.0. The summed E-state index contributed by atoms with van der Waals surface area (Å²) in [4.78, 5) is 22.6. The third kappa shape index (κ3) is 4.17. The number of nitrogen functional groups attached to an aromatic ring is 1. The van der Waals surface area contributed by atoms with Crippen molar-refractivity contribution in [3.8, 4) is 5.69 Å². The van der Waals surface area contributed by atoms with Crippen LogP contribution in [0.4, 0.5) is 5.82 Å². The molecule has 2 aromatic heterocycles. The Bertz CT molecular complexity index is 1240. The quantitative estimate of drug-likeness (QED) is 0.363. The van der Waals surface area contributed by atoms with Gasteiger partial charge in [0.05, 0.1) is 17.6 Å². The second-order valence-corrected chi connectivity index (χ2v) is 8.36. The molecule has 0 bridgehead atoms. The van der Waals surface area contributed by atoms with Gasteiger partial charge in [-0.1, -0.05) is 57.9 Å². The molecule has 2 aromatic carbocycles. The minimum atomic E-state index is -0.462. The topological polar surface area (TPSA) is 83.0 Å². The Kier molecular flexibility index (Phi) is 6.40. The number of aromatic nitrogens is 3. The van der Waals surface area contributed by atoms with Gasteiger partial charge in [-0.2, -0.15) is 0 Å². The van der Waals surface area contributed by atoms with Gasteiger partial charge in [0.2, 0.25) is 0 Å². The largest absolute Gasteiger partial charge is 0.462 e. The molecule has 0 aliphatic heterocycles. The smallest absolute Gasteiger partial charge is 0.344 e. The van der Waals surface area contributed by atoms with Crippen LogP contribution in [-0.2, 0) is 11.2 Å². The van der Waals surface area contributed by atoms with E-state index in [1.165, 1.54) is 5.56 Å². The molecule has 0 unspecified atom stereocenters. The second kappa shape index (κ2) is 9.39. The molecule has 0 aliphatic rings. The number of unbranched alkanes of at least 4 members (excludes halogenated alkanes) is 1. The molecule has 166 valence electrons. The monoisotopic (exact) mass is 430 g/mol. The Morgan fingerprint density at radius 1 is 1.06 bits per heavy atom. The highest BCUT2D eigenvalue weighted by Gasteiger charge is 2.26. The number of ether oxygens (including phenoxy) is 1. The highest BCUT2D eigenvalue weighted by atomic mass is 16.5. The number of nitrogens with zero attached hydrogens (tertiary/aromatic N) is 3. The van der Waals surface area contributed by atoms with Gasteiger partial charge in [0, 0.05) is 5.69 Å². The SMILES string of the molecule is CCCCc1ccc(-n2c(N)c(C(=O)OC[C@@H](C)CC)c3nc4ccccc4nc32)cc1. The van der Waals surface area contributed by atoms with Crippen molar-refractivity contribution in [2.75, 3.05) is 12.3 Å². The Hall–Kier alpha value is -3.41. The normalized spacial score (nSPS) is 12.3. The van der Waals surface area contributed by atoms with Crippen molar-refractivity contribution in [2.24, 2.45) is 5.92 Å². The second-order valence-electron chi connectivity index (χ2n) is 8.36. The van der Waals surface area contributed by atoms with E-state index in [1.54, 1.807) is 4.57 Å². The third-order valence-electron chi connectivity index (χ3n) is 5.91. The van der Waals surface area contributed by atoms with Crippen LogP contribution in [0, 0.1) is 5.92 Å². The first-order valence-corrected chi connectivity index (χ1v) is 11.4. The van der Waals surface area contributed by atoms with Crippen LogP contribution in [0.5, 0.6) is 0 Å². The van der Waals surface area contributed by atoms with Crippen LogP contribution in [0.15, 0.2) is 48.5 Å². The van der Waals surface area contributed by atoms with Gasteiger partial charge in [0.15, 0.2) is 5.65 Å². The molecular weight excluding hydrogens is 400 g/mol. The number of rotatable bonds is 8. The van der Waals surface area contributed by atoms with Crippen molar-refractivity contribution in [3.63, 3.8) is 0 Å². The Balaban J connectivity index is 1.85. The summed E-state index contributed by atoms with van der Waals surface area (Å²) >= 11 is 0. The number of esters is 1. The van der Waals surface area contributed by atoms with E-state index in [0.717, 1.165) is 36.9 Å². The molecule has 2 heterocycles. The molecule has 0 aliphatic carbocycles. The lowest BCUT2D eigenvalue weighted by molar-refractivity contribution is 0.0450. The van der Waals surface area contributed by atoms with E-state index in [9.17, 15) is 4.79 Å². The highest BCUT2D eigenvalue weighted by Crippen LogP contribution is 2.31. The van der Waals surface area contributed by atoms with Crippen molar-refractivity contribution in [3.05, 3.63) is 59.7 Å². The third-order valence-corrected chi connectivity index (χ3v) is 5.91. The molecule has 4 rings (SSSR count). The number of benzene rings is 2. The van der Waals surface area contributed by atoms with Gasteiger partial charge in [-0.3, -0.25) is 4.57 Å². The number of para-hydroxylation sites is 2. The van der Waals surface area contributed by atoms with E-state index >= 15 is 0 Å². The minimum Gasteiger partial charge on any atom is -0.462 e. The lowest BCUT2D eigenvalue weighted by Crippen LogP contribution is -2.13. The van der Waals surface area contributed by atoms with Gasteiger partial charge in [-0.15, -0.1) is 0 Å². The van der Waals surface area contributed by atoms with Crippen LogP contribution in [-0.4, -0.2) is 27.1 Å². The van der Waals surface area contributed by atoms with Crippen LogP contribution >= 0.6 is 0 Å². The van der Waals surface area contributed by atoms with Crippen LogP contribution in [0.1, 0.15) is 56.0 Å². The highest BCUT2D eigenvalue weighted by molar-refractivity contribution is 6.09. The molecule has 6 nitrogen and oxygen atoms in total. The summed E-state index contributed by atoms with van der Waals surface area (Å²) < 4.78 is 7.40. The van der Waals surface area contributed by atoms with E-state index in [1.807, 2.05) is 43.3 Å². The van der Waals surface area contributed by atoms with Gasteiger partial charge in [-0.05, 0) is 48.6 Å². The fourth-order valence-electron chi connectivity index (χ4n) is 3.72. The number of carbonyl (C=O) groups excluding carboxylic acids is 1. The molecule has 0 radical (unpaired) electrons. The van der Waals surface area contributed by atoms with Crippen molar-refractivity contribution in [1.29, 1.82) is 0 Å². The summed E-state index contributed by atoms with van der Waals surface area (Å²) in [7, 11) is 0. The summed E-state index contributed by atoms with van der Waals surface area (Å²) in [6.07, 6.45) is 4.27. The summed E-state index contributed by atoms with van der Waals surface area (Å²) in [5.74, 6) is 0.109. The van der Waals surface area contributed by atoms with Gasteiger partial charge in [-0.25, -0.2) is 14.8 Å². The maximum atomic E-state index is 13.1. The fourth-order valence-corrected chi connectivity index (χ4v) is 3.72. The number of nitrogens with two attached hydrogens (primary N) is 1. The van der Waals surface area contributed by atoms with Crippen molar-refractivity contribution < 1.29 is 9.53 Å². The van der Waals surface area contributed by atoms with Gasteiger partial charge < -0.3 is 10.5 Å². The van der Waals surface area contributed by atoms with Crippen molar-refractivity contribution in [2.45, 2.75) is 46.5 Å². The first-order chi connectivity index (χ1) is 15.5. The number of fused-ring (bicyclic) bond motifs is 2. The molecule has 0 spiro atoms. The molecule has 2 N–H and O–H groups in total. The molecule has 0 saturated heterocycles. The number of aryl methyl sites for hydroxylation is 1. The molecule has 0 fully saturated rings. The van der Waals surface area contributed by atoms with Gasteiger partial charge in [0.25, 0.3) is 0 Å². The molecule has 4 aromatic rings. The Labute approximate surface area is 188 Å². The first kappa shape index (κ1) is 21.8. The number of hydrogen-bond donors (Lipinski definition) is 1. The number of hydrogen-bond acceptors (Lipinski definition) is 5. The summed E-state index contributed by atoms with van der Waals surface area (Å²) in [6, 6.07) is 15.9. The average Bonchev–Trinajstić information content (AvgIpc) is 3.10. The molecular formula is C26H30N4O2. The maximum absolute atomic E-state index is 13.1. The predicted molar refractivity (Wildman–Crippen MR) is 129 cm³/mol.